The fourth-order valence-electron chi connectivity index (χ4n) is 1.59. The van der Waals surface area contributed by atoms with Crippen molar-refractivity contribution in [3.8, 4) is 5.75 Å². The van der Waals surface area contributed by atoms with Crippen LogP contribution < -0.4 is 10.1 Å². The second-order valence-electron chi connectivity index (χ2n) is 4.38. The molecule has 0 aliphatic heterocycles. The lowest BCUT2D eigenvalue weighted by Crippen LogP contribution is -2.44. The van der Waals surface area contributed by atoms with Gasteiger partial charge in [0.25, 0.3) is 5.91 Å². The first-order chi connectivity index (χ1) is 8.86. The first-order valence-corrected chi connectivity index (χ1v) is 5.74. The van der Waals surface area contributed by atoms with Crippen LogP contribution in [0.3, 0.4) is 0 Å². The van der Waals surface area contributed by atoms with Crippen LogP contribution in [0.2, 0.25) is 0 Å². The van der Waals surface area contributed by atoms with Gasteiger partial charge < -0.3 is 15.2 Å². The lowest BCUT2D eigenvalue weighted by atomic mass is 10.0. The number of nitrogens with one attached hydrogen (secondary N) is 1. The van der Waals surface area contributed by atoms with Gasteiger partial charge in [-0.05, 0) is 24.1 Å². The number of benzene rings is 1. The van der Waals surface area contributed by atoms with Crippen molar-refractivity contribution >= 4 is 11.9 Å². The number of rotatable bonds is 5. The molecule has 1 aromatic rings. The van der Waals surface area contributed by atoms with Crippen LogP contribution in [0.1, 0.15) is 24.2 Å². The minimum absolute atomic E-state index is 0.0330. The Hall–Kier alpha value is -2.11. The van der Waals surface area contributed by atoms with Crippen LogP contribution in [0.4, 0.5) is 4.39 Å². The van der Waals surface area contributed by atoms with E-state index in [1.165, 1.54) is 13.2 Å². The minimum Gasteiger partial charge on any atom is -0.496 e. The fourth-order valence-corrected chi connectivity index (χ4v) is 1.59. The summed E-state index contributed by atoms with van der Waals surface area (Å²) in [6, 6.07) is 2.44. The first kappa shape index (κ1) is 14.9. The van der Waals surface area contributed by atoms with Crippen LogP contribution in [-0.2, 0) is 4.79 Å². The highest BCUT2D eigenvalue weighted by molar-refractivity contribution is 5.99. The quantitative estimate of drug-likeness (QED) is 0.852. The predicted molar refractivity (Wildman–Crippen MR) is 66.7 cm³/mol. The number of carboxylic acids is 1. The summed E-state index contributed by atoms with van der Waals surface area (Å²) in [6.07, 6.45) is 0. The van der Waals surface area contributed by atoms with Crippen molar-refractivity contribution in [2.75, 3.05) is 7.11 Å². The summed E-state index contributed by atoms with van der Waals surface area (Å²) in [4.78, 5) is 23.0. The Morgan fingerprint density at radius 2 is 2.00 bits per heavy atom. The highest BCUT2D eigenvalue weighted by Gasteiger charge is 2.25. The molecular weight excluding hydrogens is 253 g/mol. The molecule has 1 rings (SSSR count). The van der Waals surface area contributed by atoms with E-state index in [1.807, 2.05) is 0 Å². The van der Waals surface area contributed by atoms with Gasteiger partial charge in [0.15, 0.2) is 0 Å². The average Bonchev–Trinajstić information content (AvgIpc) is 2.34. The second-order valence-corrected chi connectivity index (χ2v) is 4.38. The summed E-state index contributed by atoms with van der Waals surface area (Å²) in [5.74, 6) is -2.52. The number of carboxylic acid groups (broad SMARTS) is 1. The molecule has 104 valence electrons. The standard InChI is InChI=1S/C13H16FNO4/c1-7(2)11(13(17)18)15-12(16)9-6-8(14)4-5-10(9)19-3/h4-7,11H,1-3H3,(H,15,16)(H,17,18)/t11-/m0/s1. The number of ether oxygens (including phenoxy) is 1. The molecule has 1 aromatic carbocycles. The van der Waals surface area contributed by atoms with E-state index >= 15 is 0 Å². The molecule has 19 heavy (non-hydrogen) atoms. The molecule has 0 aliphatic carbocycles. The van der Waals surface area contributed by atoms with E-state index in [4.69, 9.17) is 9.84 Å². The summed E-state index contributed by atoms with van der Waals surface area (Å²) in [7, 11) is 1.35. The molecule has 0 fully saturated rings. The highest BCUT2D eigenvalue weighted by atomic mass is 19.1. The molecule has 0 saturated heterocycles. The van der Waals surface area contributed by atoms with Gasteiger partial charge in [-0.3, -0.25) is 4.79 Å². The van der Waals surface area contributed by atoms with Crippen molar-refractivity contribution < 1.29 is 23.8 Å². The Morgan fingerprint density at radius 3 is 2.47 bits per heavy atom. The molecule has 6 heteroatoms. The van der Waals surface area contributed by atoms with Gasteiger partial charge in [-0.2, -0.15) is 0 Å². The van der Waals surface area contributed by atoms with E-state index in [1.54, 1.807) is 13.8 Å². The highest BCUT2D eigenvalue weighted by Crippen LogP contribution is 2.19. The van der Waals surface area contributed by atoms with Crippen molar-refractivity contribution in [2.45, 2.75) is 19.9 Å². The molecule has 1 amide bonds. The van der Waals surface area contributed by atoms with E-state index in [0.717, 1.165) is 12.1 Å². The molecule has 0 saturated carbocycles. The molecule has 0 bridgehead atoms. The Kier molecular flexibility index (Phi) is 4.86. The van der Waals surface area contributed by atoms with E-state index in [-0.39, 0.29) is 17.2 Å². The second kappa shape index (κ2) is 6.17. The van der Waals surface area contributed by atoms with Gasteiger partial charge in [-0.1, -0.05) is 13.8 Å². The largest absolute Gasteiger partial charge is 0.496 e. The number of hydrogen-bond donors (Lipinski definition) is 2. The maximum Gasteiger partial charge on any atom is 0.326 e. The Morgan fingerprint density at radius 1 is 1.37 bits per heavy atom. The number of hydrogen-bond acceptors (Lipinski definition) is 3. The van der Waals surface area contributed by atoms with E-state index < -0.39 is 23.7 Å². The Labute approximate surface area is 110 Å². The fraction of sp³-hybridized carbons (Fsp3) is 0.385. The molecule has 0 radical (unpaired) electrons. The summed E-state index contributed by atoms with van der Waals surface area (Å²) in [6.45, 7) is 3.34. The van der Waals surface area contributed by atoms with Gasteiger partial charge in [0.2, 0.25) is 0 Å². The topological polar surface area (TPSA) is 75.6 Å². The van der Waals surface area contributed by atoms with Crippen molar-refractivity contribution in [1.29, 1.82) is 0 Å². The third kappa shape index (κ3) is 3.67. The number of methoxy groups -OCH3 is 1. The monoisotopic (exact) mass is 269 g/mol. The smallest absolute Gasteiger partial charge is 0.326 e. The molecule has 0 heterocycles. The molecule has 0 aromatic heterocycles. The zero-order chi connectivity index (χ0) is 14.6. The van der Waals surface area contributed by atoms with Gasteiger partial charge >= 0.3 is 5.97 Å². The van der Waals surface area contributed by atoms with Crippen molar-refractivity contribution in [2.24, 2.45) is 5.92 Å². The van der Waals surface area contributed by atoms with Crippen molar-refractivity contribution in [3.05, 3.63) is 29.6 Å². The number of halogens is 1. The van der Waals surface area contributed by atoms with Crippen LogP contribution in [0, 0.1) is 11.7 Å². The maximum atomic E-state index is 13.1. The summed E-state index contributed by atoms with van der Waals surface area (Å²) in [5, 5.41) is 11.3. The van der Waals surface area contributed by atoms with Crippen LogP contribution in [0.25, 0.3) is 0 Å². The molecular formula is C13H16FNO4. The SMILES string of the molecule is COc1ccc(F)cc1C(=O)N[C@H](C(=O)O)C(C)C. The van der Waals surface area contributed by atoms with Crippen LogP contribution in [0.15, 0.2) is 18.2 Å². The van der Waals surface area contributed by atoms with E-state index in [2.05, 4.69) is 5.32 Å². The minimum atomic E-state index is -1.14. The van der Waals surface area contributed by atoms with Gasteiger partial charge in [-0.25, -0.2) is 9.18 Å². The third-order valence-electron chi connectivity index (χ3n) is 2.63. The zero-order valence-electron chi connectivity index (χ0n) is 10.9. The van der Waals surface area contributed by atoms with E-state index in [9.17, 15) is 14.0 Å². The lowest BCUT2D eigenvalue weighted by Gasteiger charge is -2.18. The molecule has 2 N–H and O–H groups in total. The van der Waals surface area contributed by atoms with Crippen LogP contribution >= 0.6 is 0 Å². The normalized spacial score (nSPS) is 12.1. The first-order valence-electron chi connectivity index (χ1n) is 5.74. The lowest BCUT2D eigenvalue weighted by molar-refractivity contribution is -0.140. The predicted octanol–water partition coefficient (Wildman–Crippen LogP) is 1.67. The number of carbonyl (C=O) groups is 2. The summed E-state index contributed by atoms with van der Waals surface area (Å²) >= 11 is 0. The Balaban J connectivity index is 3.00. The number of amides is 1. The summed E-state index contributed by atoms with van der Waals surface area (Å²) < 4.78 is 18.1. The third-order valence-corrected chi connectivity index (χ3v) is 2.63. The van der Waals surface area contributed by atoms with Crippen LogP contribution in [0.5, 0.6) is 5.75 Å². The number of carbonyl (C=O) groups excluding carboxylic acids is 1. The van der Waals surface area contributed by atoms with Crippen LogP contribution in [-0.4, -0.2) is 30.1 Å². The van der Waals surface area contributed by atoms with Gasteiger partial charge in [0.1, 0.15) is 17.6 Å². The van der Waals surface area contributed by atoms with Gasteiger partial charge in [0.05, 0.1) is 12.7 Å². The zero-order valence-corrected chi connectivity index (χ0v) is 10.9. The maximum absolute atomic E-state index is 13.1. The van der Waals surface area contributed by atoms with Gasteiger partial charge in [-0.15, -0.1) is 0 Å². The molecule has 1 atom stereocenters. The molecule has 0 unspecified atom stereocenters. The average molecular weight is 269 g/mol. The molecule has 5 nitrogen and oxygen atoms in total. The van der Waals surface area contributed by atoms with Crippen molar-refractivity contribution in [1.82, 2.24) is 5.32 Å². The van der Waals surface area contributed by atoms with Crippen molar-refractivity contribution in [3.63, 3.8) is 0 Å². The Bertz CT molecular complexity index is 488. The van der Waals surface area contributed by atoms with Gasteiger partial charge in [0, 0.05) is 0 Å². The summed E-state index contributed by atoms with van der Waals surface area (Å²) in [5.41, 5.74) is -0.0330. The molecule has 0 spiro atoms. The van der Waals surface area contributed by atoms with E-state index in [0.29, 0.717) is 0 Å². The number of aliphatic carboxylic acids is 1. The molecule has 0 aliphatic rings.